The molecule has 80 valence electrons. The third kappa shape index (κ3) is 7.46. The van der Waals surface area contributed by atoms with Crippen molar-refractivity contribution in [1.29, 1.82) is 0 Å². The van der Waals surface area contributed by atoms with Gasteiger partial charge in [-0.25, -0.2) is 0 Å². The summed E-state index contributed by atoms with van der Waals surface area (Å²) in [7, 11) is 82.9. The largest absolute Gasteiger partial charge is 0.146 e. The number of hydrogen-bond acceptors (Lipinski definition) is 0. The summed E-state index contributed by atoms with van der Waals surface area (Å²) >= 11 is 0. The molecule has 28 radical (unpaired) electrons. The molecule has 0 aliphatic heterocycles. The van der Waals surface area contributed by atoms with Crippen molar-refractivity contribution in [2.75, 3.05) is 0 Å². The molecule has 0 aromatic heterocycles. The van der Waals surface area contributed by atoms with Crippen molar-refractivity contribution >= 4 is 179 Å². The fourth-order valence-corrected chi connectivity index (χ4v) is 3.85. The summed E-state index contributed by atoms with van der Waals surface area (Å²) in [5.41, 5.74) is -0.760. The van der Waals surface area contributed by atoms with E-state index in [1.807, 2.05) is 0 Å². The van der Waals surface area contributed by atoms with Gasteiger partial charge in [0.25, 0.3) is 0 Å². The lowest BCUT2D eigenvalue weighted by Crippen LogP contribution is -2.77. The van der Waals surface area contributed by atoms with Gasteiger partial charge in [-0.1, -0.05) is 0 Å². The maximum Gasteiger partial charge on any atom is 0.0294 e. The molecule has 0 aromatic carbocycles. The Labute approximate surface area is 184 Å². The lowest BCUT2D eigenvalue weighted by atomic mass is 8.47. The average Bonchev–Trinajstić information content (AvgIpc) is 2.40. The Kier molecular flexibility index (Phi) is 13.1. The van der Waals surface area contributed by atoms with E-state index in [4.69, 9.17) is 108 Å². The third-order valence-corrected chi connectivity index (χ3v) is 4.89. The normalized spacial score (nSPS) is 9.73. The molecule has 26 heavy (non-hydrogen) atoms. The average molecular weight is 283 g/mol. The van der Waals surface area contributed by atoms with Gasteiger partial charge >= 0.3 is 0 Å². The van der Waals surface area contributed by atoms with E-state index in [1.54, 1.807) is 0 Å². The van der Waals surface area contributed by atoms with E-state index in [-0.39, 0.29) is 0 Å². The summed E-state index contributed by atoms with van der Waals surface area (Å²) in [4.78, 5) is 0. The van der Waals surface area contributed by atoms with Gasteiger partial charge in [0.1, 0.15) is 0 Å². The molecule has 0 aliphatic carbocycles. The smallest absolute Gasteiger partial charge is 0.0294 e. The highest BCUT2D eigenvalue weighted by molar-refractivity contribution is 8.04. The molecule has 0 aromatic rings. The predicted octanol–water partition coefficient (Wildman–Crippen LogP) is -9.18. The Bertz CT molecular complexity index is 320. The highest BCUT2D eigenvalue weighted by Gasteiger charge is 2.48. The molecule has 0 heterocycles. The molecule has 0 aliphatic rings. The minimum atomic E-state index is -1.02. The third-order valence-electron chi connectivity index (χ3n) is 4.89. The van der Waals surface area contributed by atoms with Crippen LogP contribution in [0.2, 0.25) is 5.62 Å². The van der Waals surface area contributed by atoms with Crippen LogP contribution in [0.15, 0.2) is 0 Å². The zero-order valence-corrected chi connectivity index (χ0v) is 15.0. The van der Waals surface area contributed by atoms with Crippen LogP contribution in [-0.4, -0.2) is 179 Å². The fraction of sp³-hybridized carbons (Fsp3) is 1.00. The summed E-state index contributed by atoms with van der Waals surface area (Å²) in [5, 5.41) is 0. The molecule has 0 saturated heterocycles. The van der Waals surface area contributed by atoms with Crippen LogP contribution in [0.5, 0.6) is 0 Å². The van der Waals surface area contributed by atoms with Crippen molar-refractivity contribution < 1.29 is 0 Å². The molecule has 0 nitrogen and oxygen atoms in total. The second-order valence-corrected chi connectivity index (χ2v) is 6.93. The Morgan fingerprint density at radius 3 is 0.692 bits per heavy atom. The molecule has 0 rings (SSSR count). The van der Waals surface area contributed by atoms with Gasteiger partial charge in [0.2, 0.25) is 0 Å². The van der Waals surface area contributed by atoms with Gasteiger partial charge in [0.15, 0.2) is 0 Å². The van der Waals surface area contributed by atoms with Gasteiger partial charge in [-0.2, -0.15) is 0 Å². The van der Waals surface area contributed by atoms with E-state index in [2.05, 4.69) is 0 Å². The van der Waals surface area contributed by atoms with Crippen molar-refractivity contribution in [2.45, 2.75) is 5.62 Å². The summed E-state index contributed by atoms with van der Waals surface area (Å²) < 4.78 is 0. The van der Waals surface area contributed by atoms with E-state index < -0.39 is 76.2 Å². The topological polar surface area (TPSA) is 0 Å². The molecular formula is CHB25. The molecular weight excluding hydrogens is 282 g/mol. The van der Waals surface area contributed by atoms with Crippen LogP contribution < -0.4 is 0 Å². The molecule has 0 bridgehead atoms. The monoisotopic (exact) mass is 288 g/mol. The summed E-state index contributed by atoms with van der Waals surface area (Å²) in [6, 6.07) is 0. The van der Waals surface area contributed by atoms with Crippen LogP contribution in [0.4, 0.5) is 0 Å². The lowest BCUT2D eigenvalue weighted by molar-refractivity contribution is 1.80. The van der Waals surface area contributed by atoms with Gasteiger partial charge in [-0.05, 0) is 0 Å². The van der Waals surface area contributed by atoms with Crippen molar-refractivity contribution in [3.63, 3.8) is 0 Å². The Morgan fingerprint density at radius 1 is 0.308 bits per heavy atom. The lowest BCUT2D eigenvalue weighted by Gasteiger charge is -2.49. The van der Waals surface area contributed by atoms with Crippen LogP contribution in [0, 0.1) is 0 Å². The van der Waals surface area contributed by atoms with Gasteiger partial charge in [0.05, 0.1) is 0 Å². The first-order chi connectivity index (χ1) is 11.7. The second-order valence-electron chi connectivity index (χ2n) is 6.93. The molecule has 0 saturated carbocycles. The molecule has 0 amide bonds. The van der Waals surface area contributed by atoms with E-state index in [1.165, 1.54) is 0 Å². The molecule has 0 unspecified atom stereocenters. The summed E-state index contributed by atoms with van der Waals surface area (Å²) in [6.45, 7) is -2.36. The zero-order chi connectivity index (χ0) is 20.9. The van der Waals surface area contributed by atoms with Gasteiger partial charge in [-0.15, -0.1) is 5.62 Å². The first kappa shape index (κ1) is 27.6. The van der Waals surface area contributed by atoms with Gasteiger partial charge < -0.3 is 0 Å². The van der Waals surface area contributed by atoms with Crippen molar-refractivity contribution in [3.8, 4) is 0 Å². The Morgan fingerprint density at radius 2 is 0.538 bits per heavy atom. The predicted molar refractivity (Wildman–Crippen MR) is 148 cm³/mol. The number of rotatable bonds is 11. The van der Waals surface area contributed by atoms with E-state index in [0.29, 0.717) is 0 Å². The minimum Gasteiger partial charge on any atom is -0.146 e. The molecule has 25 heteroatoms. The van der Waals surface area contributed by atoms with E-state index in [0.717, 1.165) is 0 Å². The summed E-state index contributed by atoms with van der Waals surface area (Å²) in [5.74, 6) is 0. The van der Waals surface area contributed by atoms with E-state index in [9.17, 15) is 0 Å². The molecule has 0 atom stereocenters. The SMILES string of the molecule is [B]B([B])B(B([B])[B])B(B([B])[B])C(B(B([B])[B])B([B])[B])B(B([B])[B])B([B])[B]. The molecule has 0 N–H and O–H groups in total. The summed E-state index contributed by atoms with van der Waals surface area (Å²) in [6.07, 6.45) is -7.74. The quantitative estimate of drug-likeness (QED) is 0.330. The van der Waals surface area contributed by atoms with Crippen LogP contribution in [0.1, 0.15) is 0 Å². The molecule has 0 spiro atoms. The van der Waals surface area contributed by atoms with Crippen LogP contribution in [-0.2, 0) is 0 Å². The van der Waals surface area contributed by atoms with Crippen LogP contribution in [0.3, 0.4) is 0 Å². The highest BCUT2D eigenvalue weighted by atomic mass is 13.6. The van der Waals surface area contributed by atoms with E-state index >= 15 is 0 Å². The Hall–Kier alpha value is 1.62. The zero-order valence-electron chi connectivity index (χ0n) is 15.0. The maximum atomic E-state index is 6.02. The number of hydrogen-bond donors (Lipinski definition) is 0. The van der Waals surface area contributed by atoms with Crippen LogP contribution in [0.25, 0.3) is 0 Å². The second kappa shape index (κ2) is 12.3. The van der Waals surface area contributed by atoms with Gasteiger partial charge in [-0.3, -0.25) is 0 Å². The minimum absolute atomic E-state index is 0.760. The fourth-order valence-electron chi connectivity index (χ4n) is 3.85. The van der Waals surface area contributed by atoms with Crippen LogP contribution >= 0.6 is 0 Å². The highest BCUT2D eigenvalue weighted by Crippen LogP contribution is 2.24. The first-order valence-electron chi connectivity index (χ1n) is 8.33. The maximum absolute atomic E-state index is 6.02. The molecule has 0 fully saturated rings. The Balaban J connectivity index is 6.53. The van der Waals surface area contributed by atoms with Crippen molar-refractivity contribution in [1.82, 2.24) is 0 Å². The van der Waals surface area contributed by atoms with Gasteiger partial charge in [0, 0.05) is 179 Å². The van der Waals surface area contributed by atoms with Crippen molar-refractivity contribution in [3.05, 3.63) is 0 Å². The standard InChI is InChI=1S/CHB25/c2-19(3)16(20(4)5)1(17(21(6)7)22(8)9)18(23(10)11)26(24(12)13)25(14)15/h1H. The first-order valence-corrected chi connectivity index (χ1v) is 8.33. The van der Waals surface area contributed by atoms with Crippen molar-refractivity contribution in [2.24, 2.45) is 0 Å².